The first-order chi connectivity index (χ1) is 13.1. The number of methoxy groups -OCH3 is 1. The van der Waals surface area contributed by atoms with E-state index in [9.17, 15) is 4.79 Å². The van der Waals surface area contributed by atoms with Gasteiger partial charge in [-0.2, -0.15) is 0 Å². The highest BCUT2D eigenvalue weighted by atomic mass is 16.5. The Kier molecular flexibility index (Phi) is 5.14. The van der Waals surface area contributed by atoms with Gasteiger partial charge in [0.05, 0.1) is 24.6 Å². The van der Waals surface area contributed by atoms with Crippen molar-refractivity contribution >= 4 is 17.6 Å². The highest BCUT2D eigenvalue weighted by Crippen LogP contribution is 2.45. The normalized spacial score (nSPS) is 26.2. The van der Waals surface area contributed by atoms with Crippen molar-refractivity contribution in [1.82, 2.24) is 10.2 Å². The van der Waals surface area contributed by atoms with E-state index in [0.717, 1.165) is 16.8 Å². The van der Waals surface area contributed by atoms with Gasteiger partial charge in [0.25, 0.3) is 0 Å². The maximum Gasteiger partial charge on any atom is 0.232 e. The first-order valence-electron chi connectivity index (χ1n) is 9.45. The molecular formula is C21H30N4O3. The van der Waals surface area contributed by atoms with Crippen LogP contribution in [0.4, 0.5) is 0 Å². The van der Waals surface area contributed by atoms with Crippen LogP contribution in [0.1, 0.15) is 50.8 Å². The number of rotatable bonds is 5. The lowest BCUT2D eigenvalue weighted by Crippen LogP contribution is -2.54. The molecule has 2 atom stereocenters. The number of guanidine groups is 1. The molecule has 0 aliphatic carbocycles. The third-order valence-corrected chi connectivity index (χ3v) is 5.28. The van der Waals surface area contributed by atoms with Crippen molar-refractivity contribution in [2.75, 3.05) is 20.8 Å². The molecule has 3 N–H and O–H groups in total. The lowest BCUT2D eigenvalue weighted by Gasteiger charge is -2.45. The van der Waals surface area contributed by atoms with Crippen molar-refractivity contribution in [3.8, 4) is 5.75 Å². The summed E-state index contributed by atoms with van der Waals surface area (Å²) >= 11 is 0. The molecule has 2 heterocycles. The summed E-state index contributed by atoms with van der Waals surface area (Å²) in [6.45, 7) is 10.2. The van der Waals surface area contributed by atoms with Gasteiger partial charge in [0.15, 0.2) is 5.96 Å². The number of nitrogens with one attached hydrogen (secondary N) is 1. The molecule has 152 valence electrons. The van der Waals surface area contributed by atoms with Crippen LogP contribution in [0, 0.1) is 0 Å². The Labute approximate surface area is 166 Å². The summed E-state index contributed by atoms with van der Waals surface area (Å²) < 4.78 is 11.7. The highest BCUT2D eigenvalue weighted by molar-refractivity contribution is 5.99. The van der Waals surface area contributed by atoms with Crippen LogP contribution in [-0.2, 0) is 9.53 Å². The van der Waals surface area contributed by atoms with E-state index in [1.807, 2.05) is 46.0 Å². The molecule has 0 bridgehead atoms. The minimum atomic E-state index is -0.582. The molecule has 1 aromatic carbocycles. The van der Waals surface area contributed by atoms with Gasteiger partial charge in [-0.25, -0.2) is 4.99 Å². The molecule has 2 unspecified atom stereocenters. The summed E-state index contributed by atoms with van der Waals surface area (Å²) in [6.07, 6.45) is 0.857. The van der Waals surface area contributed by atoms with Crippen molar-refractivity contribution in [1.29, 1.82) is 0 Å². The Morgan fingerprint density at radius 3 is 2.79 bits per heavy atom. The Hall–Kier alpha value is -2.54. The fraction of sp³-hybridized carbons (Fsp3) is 0.524. The second-order valence-electron chi connectivity index (χ2n) is 8.41. The van der Waals surface area contributed by atoms with Gasteiger partial charge in [-0.15, -0.1) is 0 Å². The molecule has 2 aliphatic rings. The fourth-order valence-electron chi connectivity index (χ4n) is 4.00. The average molecular weight is 386 g/mol. The molecule has 3 rings (SSSR count). The minimum Gasteiger partial charge on any atom is -0.485 e. The number of benzene rings is 1. The van der Waals surface area contributed by atoms with E-state index in [4.69, 9.17) is 15.2 Å². The number of hydrogen-bond acceptors (Lipinski definition) is 6. The number of nitrogens with zero attached hydrogens (tertiary/aromatic N) is 2. The van der Waals surface area contributed by atoms with Gasteiger partial charge in [-0.3, -0.25) is 9.69 Å². The van der Waals surface area contributed by atoms with E-state index in [0.29, 0.717) is 25.2 Å². The predicted molar refractivity (Wildman–Crippen MR) is 110 cm³/mol. The van der Waals surface area contributed by atoms with Crippen LogP contribution in [-0.4, -0.2) is 48.7 Å². The van der Waals surface area contributed by atoms with Gasteiger partial charge in [0.2, 0.25) is 5.91 Å². The lowest BCUT2D eigenvalue weighted by atomic mass is 9.86. The van der Waals surface area contributed by atoms with Crippen molar-refractivity contribution in [3.63, 3.8) is 0 Å². The molecular weight excluding hydrogens is 356 g/mol. The van der Waals surface area contributed by atoms with Gasteiger partial charge in [0.1, 0.15) is 11.4 Å². The van der Waals surface area contributed by atoms with Gasteiger partial charge in [0, 0.05) is 31.8 Å². The van der Waals surface area contributed by atoms with Crippen LogP contribution >= 0.6 is 0 Å². The molecule has 0 saturated heterocycles. The number of fused-ring (bicyclic) bond motifs is 1. The molecule has 7 heteroatoms. The van der Waals surface area contributed by atoms with E-state index in [1.165, 1.54) is 0 Å². The molecule has 1 aromatic rings. The fourth-order valence-corrected chi connectivity index (χ4v) is 4.00. The van der Waals surface area contributed by atoms with Gasteiger partial charge in [-0.05, 0) is 44.5 Å². The van der Waals surface area contributed by atoms with Crippen LogP contribution < -0.4 is 15.8 Å². The van der Waals surface area contributed by atoms with Crippen molar-refractivity contribution in [2.45, 2.75) is 50.8 Å². The first-order valence-corrected chi connectivity index (χ1v) is 9.45. The topological polar surface area (TPSA) is 89.2 Å². The van der Waals surface area contributed by atoms with E-state index in [-0.39, 0.29) is 17.9 Å². The van der Waals surface area contributed by atoms with Gasteiger partial charge in [-0.1, -0.05) is 6.58 Å². The summed E-state index contributed by atoms with van der Waals surface area (Å²) in [5.41, 5.74) is 7.82. The average Bonchev–Trinajstić information content (AvgIpc) is 2.59. The molecule has 1 amide bonds. The number of amides is 1. The smallest absolute Gasteiger partial charge is 0.232 e. The zero-order valence-electron chi connectivity index (χ0n) is 17.3. The number of ether oxygens (including phenoxy) is 2. The second-order valence-corrected chi connectivity index (χ2v) is 8.41. The molecule has 28 heavy (non-hydrogen) atoms. The third kappa shape index (κ3) is 3.71. The maximum absolute atomic E-state index is 13.0. The van der Waals surface area contributed by atoms with Crippen LogP contribution in [0.25, 0.3) is 5.70 Å². The Morgan fingerprint density at radius 1 is 1.46 bits per heavy atom. The summed E-state index contributed by atoms with van der Waals surface area (Å²) in [7, 11) is 3.47. The molecule has 0 saturated carbocycles. The summed E-state index contributed by atoms with van der Waals surface area (Å²) in [4.78, 5) is 19.2. The van der Waals surface area contributed by atoms with Crippen molar-refractivity contribution in [3.05, 3.63) is 35.9 Å². The zero-order valence-corrected chi connectivity index (χ0v) is 17.3. The number of nitrogens with two attached hydrogens (primary N) is 1. The summed E-state index contributed by atoms with van der Waals surface area (Å²) in [5, 5.41) is 3.06. The second kappa shape index (κ2) is 7.13. The SMILES string of the molecule is C=C(NC)c1ccc2c(c1)C(N1C(=O)CC(C)(C)N=C1N)CC(C)(COC)O2. The van der Waals surface area contributed by atoms with Crippen LogP contribution in [0.15, 0.2) is 29.8 Å². The Balaban J connectivity index is 2.11. The lowest BCUT2D eigenvalue weighted by molar-refractivity contribution is -0.133. The molecule has 2 aliphatic heterocycles. The Morgan fingerprint density at radius 2 is 2.18 bits per heavy atom. The molecule has 0 aromatic heterocycles. The number of hydrogen-bond donors (Lipinski definition) is 2. The van der Waals surface area contributed by atoms with Crippen LogP contribution in [0.2, 0.25) is 0 Å². The first kappa shape index (κ1) is 20.2. The van der Waals surface area contributed by atoms with Crippen molar-refractivity contribution < 1.29 is 14.3 Å². The quantitative estimate of drug-likeness (QED) is 0.811. The molecule has 7 nitrogen and oxygen atoms in total. The van der Waals surface area contributed by atoms with Gasteiger partial charge < -0.3 is 20.5 Å². The molecule has 0 radical (unpaired) electrons. The van der Waals surface area contributed by atoms with Crippen LogP contribution in [0.3, 0.4) is 0 Å². The minimum absolute atomic E-state index is 0.0343. The summed E-state index contributed by atoms with van der Waals surface area (Å²) in [5.74, 6) is 0.929. The number of carbonyl (C=O) groups is 1. The van der Waals surface area contributed by atoms with E-state index < -0.39 is 11.1 Å². The van der Waals surface area contributed by atoms with E-state index in [1.54, 1.807) is 12.0 Å². The third-order valence-electron chi connectivity index (χ3n) is 5.28. The van der Waals surface area contributed by atoms with Gasteiger partial charge >= 0.3 is 0 Å². The molecule has 0 spiro atoms. The predicted octanol–water partition coefficient (Wildman–Crippen LogP) is 2.43. The monoisotopic (exact) mass is 386 g/mol. The molecule has 0 fully saturated rings. The van der Waals surface area contributed by atoms with E-state index >= 15 is 0 Å². The highest BCUT2D eigenvalue weighted by Gasteiger charge is 2.45. The standard InChI is InChI=1S/C21H30N4O3/c1-13(23-5)14-7-8-17-15(9-14)16(10-21(4,28-17)12-27-6)25-18(26)11-20(2,3)24-19(25)22/h7-9,16,23H,1,10-12H2,2-6H3,(H2,22,24). The zero-order chi connectivity index (χ0) is 20.7. The number of aliphatic imine (C=N–C) groups is 1. The maximum atomic E-state index is 13.0. The largest absolute Gasteiger partial charge is 0.485 e. The Bertz CT molecular complexity index is 833. The van der Waals surface area contributed by atoms with Crippen molar-refractivity contribution in [2.24, 2.45) is 10.7 Å². The van der Waals surface area contributed by atoms with Crippen LogP contribution in [0.5, 0.6) is 5.75 Å². The number of carbonyl (C=O) groups excluding carboxylic acids is 1. The van der Waals surface area contributed by atoms with E-state index in [2.05, 4.69) is 16.9 Å². The summed E-state index contributed by atoms with van der Waals surface area (Å²) in [6, 6.07) is 5.58.